The second kappa shape index (κ2) is 28.4. The number of para-hydroxylation sites is 3. The zero-order valence-corrected chi connectivity index (χ0v) is 67.5. The average molecular weight is 1490 g/mol. The molecule has 0 saturated carbocycles. The highest BCUT2D eigenvalue weighted by Gasteiger charge is 2.59. The van der Waals surface area contributed by atoms with Crippen LogP contribution in [0.15, 0.2) is 264 Å². The van der Waals surface area contributed by atoms with Crippen molar-refractivity contribution in [3.63, 3.8) is 0 Å². The molecule has 0 amide bonds. The summed E-state index contributed by atoms with van der Waals surface area (Å²) in [4.78, 5) is 2.70. The van der Waals surface area contributed by atoms with E-state index in [1.165, 1.54) is 284 Å². The Morgan fingerprint density at radius 1 is 0.263 bits per heavy atom. The van der Waals surface area contributed by atoms with Crippen molar-refractivity contribution < 1.29 is 8.83 Å². The van der Waals surface area contributed by atoms with Crippen LogP contribution in [0.4, 0.5) is 17.1 Å². The summed E-state index contributed by atoms with van der Waals surface area (Å²) in [5.41, 5.74) is 40.1. The molecule has 2 spiro atoms. The fourth-order valence-corrected chi connectivity index (χ4v) is 24.0. The smallest absolute Gasteiger partial charge is 0.144 e. The van der Waals surface area contributed by atoms with Gasteiger partial charge in [0.15, 0.2) is 0 Å². The van der Waals surface area contributed by atoms with Gasteiger partial charge in [-0.3, -0.25) is 0 Å². The molecule has 2 heterocycles. The number of nitrogens with zero attached hydrogens (tertiary/aromatic N) is 1. The van der Waals surface area contributed by atoms with Gasteiger partial charge in [-0.25, -0.2) is 0 Å². The molecule has 0 unspecified atom stereocenters. The molecular formula is C111H105NO2. The molecule has 21 rings (SSSR count). The molecule has 3 heteroatoms. The van der Waals surface area contributed by atoms with Gasteiger partial charge in [-0.1, -0.05) is 350 Å². The van der Waals surface area contributed by atoms with E-state index < -0.39 is 10.8 Å². The van der Waals surface area contributed by atoms with Crippen molar-refractivity contribution in [2.45, 2.75) is 210 Å². The molecule has 0 N–H and O–H groups in total. The third kappa shape index (κ3) is 10.2. The zero-order chi connectivity index (χ0) is 76.4. The minimum Gasteiger partial charge on any atom is -0.456 e. The van der Waals surface area contributed by atoms with Gasteiger partial charge >= 0.3 is 0 Å². The second-order valence-corrected chi connectivity index (χ2v) is 34.8. The highest BCUT2D eigenvalue weighted by atomic mass is 16.3. The fraction of sp³-hybridized carbons (Fsp3) is 0.297. The molecule has 2 aromatic heterocycles. The summed E-state index contributed by atoms with van der Waals surface area (Å²) in [6.45, 7) is 11.9. The molecule has 6 aliphatic carbocycles. The van der Waals surface area contributed by atoms with Gasteiger partial charge in [-0.05, 0) is 227 Å². The maximum absolute atomic E-state index is 7.66. The topological polar surface area (TPSA) is 29.5 Å². The fourth-order valence-electron chi connectivity index (χ4n) is 24.0. The van der Waals surface area contributed by atoms with Gasteiger partial charge in [0.1, 0.15) is 22.3 Å². The van der Waals surface area contributed by atoms with Gasteiger partial charge in [0.25, 0.3) is 0 Å². The highest BCUT2D eigenvalue weighted by molar-refractivity contribution is 6.22. The molecule has 0 bridgehead atoms. The van der Waals surface area contributed by atoms with Crippen LogP contribution in [0.25, 0.3) is 111 Å². The first-order chi connectivity index (χ1) is 56.3. The molecule has 566 valence electrons. The lowest BCUT2D eigenvalue weighted by molar-refractivity contribution is 0.369. The van der Waals surface area contributed by atoms with E-state index in [9.17, 15) is 0 Å². The molecule has 6 aliphatic rings. The molecular weight excluding hydrogens is 1380 g/mol. The van der Waals surface area contributed by atoms with Gasteiger partial charge in [0, 0.05) is 55.0 Å². The normalized spacial score (nSPS) is 15.0. The first-order valence-electron chi connectivity index (χ1n) is 44.1. The van der Waals surface area contributed by atoms with Crippen LogP contribution in [-0.4, -0.2) is 0 Å². The summed E-state index contributed by atoms with van der Waals surface area (Å²) < 4.78 is 14.6. The van der Waals surface area contributed by atoms with Crippen molar-refractivity contribution in [3.05, 3.63) is 327 Å². The van der Waals surface area contributed by atoms with Gasteiger partial charge in [-0.2, -0.15) is 0 Å². The number of unbranched alkanes of at least 4 members (excludes halogenated alkanes) is 16. The van der Waals surface area contributed by atoms with Crippen LogP contribution in [0.1, 0.15) is 254 Å². The number of hydrogen-bond donors (Lipinski definition) is 0. The predicted octanol–water partition coefficient (Wildman–Crippen LogP) is 31.9. The van der Waals surface area contributed by atoms with Crippen molar-refractivity contribution in [2.75, 3.05) is 4.90 Å². The van der Waals surface area contributed by atoms with E-state index in [2.05, 4.69) is 294 Å². The van der Waals surface area contributed by atoms with E-state index in [0.717, 1.165) is 53.4 Å². The van der Waals surface area contributed by atoms with Crippen molar-refractivity contribution in [1.29, 1.82) is 0 Å². The zero-order valence-electron chi connectivity index (χ0n) is 67.5. The molecule has 0 atom stereocenters. The Kier molecular flexibility index (Phi) is 17.7. The molecule has 3 nitrogen and oxygen atoms in total. The Bertz CT molecular complexity index is 6200. The lowest BCUT2D eigenvalue weighted by Crippen LogP contribution is -2.33. The monoisotopic (exact) mass is 1480 g/mol. The Labute approximate surface area is 674 Å². The molecule has 0 aliphatic heterocycles. The van der Waals surface area contributed by atoms with E-state index >= 15 is 0 Å². The summed E-state index contributed by atoms with van der Waals surface area (Å²) in [6.07, 6.45) is 29.5. The predicted molar refractivity (Wildman–Crippen MR) is 479 cm³/mol. The molecule has 0 saturated heterocycles. The average Bonchev–Trinajstić information content (AvgIpc) is 1.49. The number of fused-ring (bicyclic) bond motifs is 36. The van der Waals surface area contributed by atoms with E-state index in [0.29, 0.717) is 0 Å². The lowest BCUT2D eigenvalue weighted by Gasteiger charge is -2.40. The van der Waals surface area contributed by atoms with E-state index in [-0.39, 0.29) is 10.8 Å². The van der Waals surface area contributed by atoms with Crippen molar-refractivity contribution in [2.24, 2.45) is 0 Å². The van der Waals surface area contributed by atoms with Gasteiger partial charge < -0.3 is 13.7 Å². The largest absolute Gasteiger partial charge is 0.456 e. The third-order valence-corrected chi connectivity index (χ3v) is 28.8. The maximum atomic E-state index is 7.66. The number of aryl methyl sites for hydroxylation is 1. The van der Waals surface area contributed by atoms with E-state index in [1.807, 2.05) is 0 Å². The molecule has 13 aromatic carbocycles. The van der Waals surface area contributed by atoms with Crippen LogP contribution in [0.2, 0.25) is 0 Å². The number of benzene rings is 13. The van der Waals surface area contributed by atoms with Crippen molar-refractivity contribution in [1.82, 2.24) is 0 Å². The van der Waals surface area contributed by atoms with E-state index in [1.54, 1.807) is 16.7 Å². The summed E-state index contributed by atoms with van der Waals surface area (Å²) in [6, 6.07) is 100. The summed E-state index contributed by atoms with van der Waals surface area (Å²) in [5, 5.41) is 4.91. The van der Waals surface area contributed by atoms with Gasteiger partial charge in [-0.15, -0.1) is 0 Å². The third-order valence-electron chi connectivity index (χ3n) is 28.8. The number of furan rings is 2. The van der Waals surface area contributed by atoms with Crippen LogP contribution >= 0.6 is 0 Å². The summed E-state index contributed by atoms with van der Waals surface area (Å²) in [7, 11) is 0. The molecule has 114 heavy (non-hydrogen) atoms. The van der Waals surface area contributed by atoms with Crippen molar-refractivity contribution >= 4 is 60.9 Å². The van der Waals surface area contributed by atoms with Gasteiger partial charge in [0.2, 0.25) is 0 Å². The molecule has 0 radical (unpaired) electrons. The molecule has 0 fully saturated rings. The summed E-state index contributed by atoms with van der Waals surface area (Å²) >= 11 is 0. The minimum absolute atomic E-state index is 0.180. The van der Waals surface area contributed by atoms with E-state index in [4.69, 9.17) is 8.83 Å². The van der Waals surface area contributed by atoms with Gasteiger partial charge in [0.05, 0.1) is 10.8 Å². The number of anilines is 3. The Morgan fingerprint density at radius 3 is 1.21 bits per heavy atom. The first kappa shape index (κ1) is 71.1. The highest BCUT2D eigenvalue weighted by Crippen LogP contribution is 2.72. The number of rotatable bonds is 27. The molecule has 15 aromatic rings. The van der Waals surface area contributed by atoms with Crippen molar-refractivity contribution in [3.8, 4) is 66.8 Å². The van der Waals surface area contributed by atoms with Crippen LogP contribution in [0, 0.1) is 6.92 Å². The standard InChI is InChI=1S/C111H105NO2/c1-6-10-14-18-38-64-108(65-39-19-15-11-7-2)86-50-30-27-47-80(86)104-106(108)105-102(103-83-49-29-37-57-98(83)114-107(103)104)81-61-59-73(68-92(81)109(105,66-40-20-16-12-8-3)67-41-21-17-13-9-4)112(96-55-35-22-42-72(96)5)74-58-60-79-84-70-95-85(71-94(84)111(93(79)69-74)89-53-33-25-45-77(89)78-46-26-34-54-90(78)111)100-91(62-63-99-101(100)82-48-28-36-56-97(82)113-99)110(95)87-51-31-23-43-75(87)76-44-24-32-52-88(76)110/h22-37,42-63,68-71H,6-21,38-41,64-67H2,1-5H3. The second-order valence-electron chi connectivity index (χ2n) is 34.8. The lowest BCUT2D eigenvalue weighted by atomic mass is 9.62. The first-order valence-corrected chi connectivity index (χ1v) is 44.1. The number of hydrogen-bond acceptors (Lipinski definition) is 3. The van der Waals surface area contributed by atoms with Crippen LogP contribution in [-0.2, 0) is 21.7 Å². The quantitative estimate of drug-likeness (QED) is 0.0481. The Balaban J connectivity index is 0.827. The van der Waals surface area contributed by atoms with Crippen LogP contribution in [0.3, 0.4) is 0 Å². The maximum Gasteiger partial charge on any atom is 0.144 e. The minimum atomic E-state index is -0.687. The Morgan fingerprint density at radius 2 is 0.658 bits per heavy atom. The van der Waals surface area contributed by atoms with Crippen LogP contribution in [0.5, 0.6) is 0 Å². The Hall–Kier alpha value is -10.7. The van der Waals surface area contributed by atoms with Crippen LogP contribution < -0.4 is 4.90 Å². The summed E-state index contributed by atoms with van der Waals surface area (Å²) in [5.74, 6) is 0. The SMILES string of the molecule is CCCCCCCC1(CCCCCCC)c2ccccc2-c2c1c1c(c3c2oc2ccccc23)-c2ccc(N(c3ccc4c(c3)C3(c5ccccc5-c5ccccc53)c3cc5c(cc3-4)C3(c4ccccc4-c4ccccc43)c3ccc4oc6ccccc6c4c3-5)c3ccccc3C)cc2C1(CCCCCCC)CCCCCCC.